The number of nitrogens with zero attached hydrogens (tertiary/aromatic N) is 1. The van der Waals surface area contributed by atoms with Crippen LogP contribution >= 0.6 is 0 Å². The summed E-state index contributed by atoms with van der Waals surface area (Å²) in [6, 6.07) is 12.6. The number of nitriles is 1. The quantitative estimate of drug-likeness (QED) is 0.790. The molecule has 0 aliphatic heterocycles. The van der Waals surface area contributed by atoms with Crippen molar-refractivity contribution in [1.82, 2.24) is 0 Å². The van der Waals surface area contributed by atoms with Crippen molar-refractivity contribution >= 4 is 5.97 Å². The highest BCUT2D eigenvalue weighted by molar-refractivity contribution is 5.88. The third kappa shape index (κ3) is 3.21. The van der Waals surface area contributed by atoms with Gasteiger partial charge in [-0.25, -0.2) is 8.78 Å². The van der Waals surface area contributed by atoms with Gasteiger partial charge < -0.3 is 4.74 Å². The molecule has 0 N–H and O–H groups in total. The van der Waals surface area contributed by atoms with Gasteiger partial charge in [0.2, 0.25) is 0 Å². The first-order chi connectivity index (χ1) is 11.0. The number of ether oxygens (including phenoxy) is 1. The number of esters is 1. The molecule has 3 nitrogen and oxygen atoms in total. The lowest BCUT2D eigenvalue weighted by Crippen LogP contribution is -2.38. The Bertz CT molecular complexity index is 673. The molecule has 2 rings (SSSR count). The molecule has 0 aliphatic carbocycles. The van der Waals surface area contributed by atoms with Gasteiger partial charge in [0, 0.05) is 0 Å². The van der Waals surface area contributed by atoms with Crippen LogP contribution in [0.4, 0.5) is 8.78 Å². The van der Waals surface area contributed by atoms with Crippen molar-refractivity contribution in [3.8, 4) is 6.07 Å². The molecule has 0 amide bonds. The van der Waals surface area contributed by atoms with E-state index in [1.165, 1.54) is 48.5 Å². The highest BCUT2D eigenvalue weighted by Gasteiger charge is 2.43. The van der Waals surface area contributed by atoms with Gasteiger partial charge >= 0.3 is 5.97 Å². The van der Waals surface area contributed by atoms with Gasteiger partial charge in [0.1, 0.15) is 17.0 Å². The van der Waals surface area contributed by atoms with Crippen LogP contribution in [0.3, 0.4) is 0 Å². The SMILES string of the molecule is CCOC(=O)C(CC#N)(c1ccc(F)cc1)c1ccc(F)cc1. The summed E-state index contributed by atoms with van der Waals surface area (Å²) >= 11 is 0. The fourth-order valence-electron chi connectivity index (χ4n) is 2.52. The minimum atomic E-state index is -1.42. The highest BCUT2D eigenvalue weighted by atomic mass is 19.1. The number of halogens is 2. The molecule has 0 heterocycles. The number of rotatable bonds is 5. The van der Waals surface area contributed by atoms with Crippen LogP contribution in [0.15, 0.2) is 48.5 Å². The van der Waals surface area contributed by atoms with Crippen molar-refractivity contribution in [2.75, 3.05) is 6.61 Å². The first kappa shape index (κ1) is 16.6. The summed E-state index contributed by atoms with van der Waals surface area (Å²) in [5, 5.41) is 9.24. The van der Waals surface area contributed by atoms with E-state index in [4.69, 9.17) is 4.74 Å². The van der Waals surface area contributed by atoms with Gasteiger partial charge in [-0.15, -0.1) is 0 Å². The summed E-state index contributed by atoms with van der Waals surface area (Å²) in [6.45, 7) is 1.79. The molecule has 0 spiro atoms. The van der Waals surface area contributed by atoms with Crippen molar-refractivity contribution < 1.29 is 18.3 Å². The van der Waals surface area contributed by atoms with E-state index in [9.17, 15) is 18.8 Å². The summed E-state index contributed by atoms with van der Waals surface area (Å²) in [5.74, 6) is -1.54. The third-order valence-corrected chi connectivity index (χ3v) is 3.64. The molecular formula is C18H15F2NO2. The van der Waals surface area contributed by atoms with Crippen molar-refractivity contribution in [3.63, 3.8) is 0 Å². The smallest absolute Gasteiger partial charge is 0.322 e. The second-order valence-corrected chi connectivity index (χ2v) is 4.97. The molecule has 0 saturated carbocycles. The summed E-state index contributed by atoms with van der Waals surface area (Å²) in [5.41, 5.74) is -0.581. The number of hydrogen-bond acceptors (Lipinski definition) is 3. The summed E-state index contributed by atoms with van der Waals surface area (Å²) in [4.78, 5) is 12.7. The van der Waals surface area contributed by atoms with E-state index in [0.717, 1.165) is 0 Å². The fraction of sp³-hybridized carbons (Fsp3) is 0.222. The molecule has 0 atom stereocenters. The number of carbonyl (C=O) groups is 1. The molecule has 2 aromatic rings. The first-order valence-corrected chi connectivity index (χ1v) is 7.11. The fourth-order valence-corrected chi connectivity index (χ4v) is 2.52. The van der Waals surface area contributed by atoms with Crippen LogP contribution in [-0.2, 0) is 14.9 Å². The van der Waals surface area contributed by atoms with Crippen molar-refractivity contribution in [1.29, 1.82) is 5.26 Å². The van der Waals surface area contributed by atoms with Crippen molar-refractivity contribution in [2.24, 2.45) is 0 Å². The summed E-state index contributed by atoms with van der Waals surface area (Å²) in [6.07, 6.45) is -0.205. The summed E-state index contributed by atoms with van der Waals surface area (Å²) in [7, 11) is 0. The Labute approximate surface area is 133 Å². The van der Waals surface area contributed by atoms with Crippen LogP contribution in [-0.4, -0.2) is 12.6 Å². The molecule has 0 radical (unpaired) electrons. The highest BCUT2D eigenvalue weighted by Crippen LogP contribution is 2.37. The molecule has 118 valence electrons. The van der Waals surface area contributed by atoms with Gasteiger partial charge in [-0.05, 0) is 42.3 Å². The topological polar surface area (TPSA) is 50.1 Å². The molecule has 5 heteroatoms. The molecule has 0 saturated heterocycles. The molecule has 0 aliphatic rings. The zero-order valence-electron chi connectivity index (χ0n) is 12.6. The van der Waals surface area contributed by atoms with E-state index < -0.39 is 23.0 Å². The van der Waals surface area contributed by atoms with Gasteiger partial charge in [-0.1, -0.05) is 24.3 Å². The number of benzene rings is 2. The van der Waals surface area contributed by atoms with Gasteiger partial charge in [0.15, 0.2) is 0 Å². The van der Waals surface area contributed by atoms with Gasteiger partial charge in [-0.3, -0.25) is 4.79 Å². The Morgan fingerprint density at radius 3 is 1.83 bits per heavy atom. The minimum Gasteiger partial charge on any atom is -0.465 e. The molecule has 0 unspecified atom stereocenters. The lowest BCUT2D eigenvalue weighted by molar-refractivity contribution is -0.148. The maximum Gasteiger partial charge on any atom is 0.322 e. The Morgan fingerprint density at radius 1 is 1.04 bits per heavy atom. The Morgan fingerprint density at radius 2 is 1.48 bits per heavy atom. The zero-order valence-corrected chi connectivity index (χ0v) is 12.6. The molecule has 23 heavy (non-hydrogen) atoms. The number of carbonyl (C=O) groups excluding carboxylic acids is 1. The van der Waals surface area contributed by atoms with E-state index >= 15 is 0 Å². The predicted octanol–water partition coefficient (Wildman–Crippen LogP) is 3.73. The van der Waals surface area contributed by atoms with Crippen LogP contribution in [0.1, 0.15) is 24.5 Å². The Kier molecular flexibility index (Phi) is 5.07. The monoisotopic (exact) mass is 315 g/mol. The first-order valence-electron chi connectivity index (χ1n) is 7.11. The molecular weight excluding hydrogens is 300 g/mol. The van der Waals surface area contributed by atoms with Crippen LogP contribution in [0.5, 0.6) is 0 Å². The lowest BCUT2D eigenvalue weighted by Gasteiger charge is -2.30. The van der Waals surface area contributed by atoms with E-state index in [1.54, 1.807) is 6.92 Å². The van der Waals surface area contributed by atoms with Gasteiger partial charge in [0.05, 0.1) is 19.1 Å². The van der Waals surface area contributed by atoms with Crippen molar-refractivity contribution in [2.45, 2.75) is 18.8 Å². The minimum absolute atomic E-state index is 0.133. The van der Waals surface area contributed by atoms with Crippen molar-refractivity contribution in [3.05, 3.63) is 71.3 Å². The standard InChI is InChI=1S/C18H15F2NO2/c1-2-23-17(22)18(11-12-21,13-3-7-15(19)8-4-13)14-5-9-16(20)10-6-14/h3-10H,2,11H2,1H3. The predicted molar refractivity (Wildman–Crippen MR) is 80.4 cm³/mol. The molecule has 0 bridgehead atoms. The lowest BCUT2D eigenvalue weighted by atomic mass is 9.72. The van der Waals surface area contributed by atoms with Crippen LogP contribution < -0.4 is 0 Å². The molecule has 0 aromatic heterocycles. The zero-order chi connectivity index (χ0) is 16.9. The average Bonchev–Trinajstić information content (AvgIpc) is 2.54. The van der Waals surface area contributed by atoms with E-state index in [1.807, 2.05) is 6.07 Å². The van der Waals surface area contributed by atoms with Gasteiger partial charge in [0.25, 0.3) is 0 Å². The maximum absolute atomic E-state index is 13.2. The van der Waals surface area contributed by atoms with Crippen LogP contribution in [0.2, 0.25) is 0 Å². The normalized spacial score (nSPS) is 10.9. The van der Waals surface area contributed by atoms with E-state index in [2.05, 4.69) is 0 Å². The maximum atomic E-state index is 13.2. The second kappa shape index (κ2) is 7.01. The van der Waals surface area contributed by atoms with Crippen LogP contribution in [0, 0.1) is 23.0 Å². The van der Waals surface area contributed by atoms with Crippen LogP contribution in [0.25, 0.3) is 0 Å². The Balaban J connectivity index is 2.69. The molecule has 0 fully saturated rings. The summed E-state index contributed by atoms with van der Waals surface area (Å²) < 4.78 is 31.6. The third-order valence-electron chi connectivity index (χ3n) is 3.64. The molecule has 2 aromatic carbocycles. The number of hydrogen-bond donors (Lipinski definition) is 0. The Hall–Kier alpha value is -2.74. The van der Waals surface area contributed by atoms with Gasteiger partial charge in [-0.2, -0.15) is 5.26 Å². The van der Waals surface area contributed by atoms with E-state index in [0.29, 0.717) is 11.1 Å². The second-order valence-electron chi connectivity index (χ2n) is 4.97. The average molecular weight is 315 g/mol. The largest absolute Gasteiger partial charge is 0.465 e. The van der Waals surface area contributed by atoms with E-state index in [-0.39, 0.29) is 13.0 Å².